The second kappa shape index (κ2) is 3.84. The molecule has 1 N–H and O–H groups in total. The second-order valence-corrected chi connectivity index (χ2v) is 5.65. The lowest BCUT2D eigenvalue weighted by atomic mass is 9.62. The topological polar surface area (TPSA) is 12.0 Å². The van der Waals surface area contributed by atoms with E-state index in [4.69, 9.17) is 0 Å². The largest absolute Gasteiger partial charge is 0.314 e. The van der Waals surface area contributed by atoms with E-state index < -0.39 is 0 Å². The summed E-state index contributed by atoms with van der Waals surface area (Å²) in [5, 5.41) is 3.75. The molecule has 1 heterocycles. The molecule has 14 heavy (non-hydrogen) atoms. The summed E-state index contributed by atoms with van der Waals surface area (Å²) in [5.41, 5.74) is 0. The Morgan fingerprint density at radius 1 is 0.714 bits per heavy atom. The first kappa shape index (κ1) is 9.21. The molecule has 1 nitrogen and oxygen atoms in total. The van der Waals surface area contributed by atoms with Gasteiger partial charge in [0.1, 0.15) is 0 Å². The van der Waals surface area contributed by atoms with Crippen LogP contribution < -0.4 is 5.32 Å². The Bertz CT molecular complexity index is 179. The van der Waals surface area contributed by atoms with Crippen molar-refractivity contribution in [3.05, 3.63) is 0 Å². The Balaban J connectivity index is 1.74. The van der Waals surface area contributed by atoms with Crippen LogP contribution in [0.3, 0.4) is 0 Å². The molecule has 3 rings (SSSR count). The van der Waals surface area contributed by atoms with E-state index in [1.807, 2.05) is 0 Å². The summed E-state index contributed by atoms with van der Waals surface area (Å²) in [6, 6.07) is 0.906. The van der Waals surface area contributed by atoms with E-state index in [1.54, 1.807) is 12.8 Å². The zero-order chi connectivity index (χ0) is 9.38. The monoisotopic (exact) mass is 193 g/mol. The average molecular weight is 193 g/mol. The van der Waals surface area contributed by atoms with Crippen LogP contribution in [0.25, 0.3) is 0 Å². The summed E-state index contributed by atoms with van der Waals surface area (Å²) in [4.78, 5) is 0. The van der Waals surface area contributed by atoms with Crippen LogP contribution in [0.5, 0.6) is 0 Å². The van der Waals surface area contributed by atoms with E-state index in [2.05, 4.69) is 5.32 Å². The highest BCUT2D eigenvalue weighted by Crippen LogP contribution is 2.46. The van der Waals surface area contributed by atoms with Gasteiger partial charge in [-0.3, -0.25) is 0 Å². The number of hydrogen-bond donors (Lipinski definition) is 1. The lowest BCUT2D eigenvalue weighted by Gasteiger charge is -2.48. The van der Waals surface area contributed by atoms with Crippen LogP contribution in [0.2, 0.25) is 0 Å². The Kier molecular flexibility index (Phi) is 2.53. The highest BCUT2D eigenvalue weighted by molar-refractivity contribution is 4.94. The Morgan fingerprint density at radius 3 is 2.57 bits per heavy atom. The third-order valence-corrected chi connectivity index (χ3v) is 5.00. The van der Waals surface area contributed by atoms with Crippen LogP contribution in [-0.2, 0) is 0 Å². The number of hydrogen-bond acceptors (Lipinski definition) is 1. The van der Waals surface area contributed by atoms with Crippen molar-refractivity contribution in [2.24, 2.45) is 17.8 Å². The van der Waals surface area contributed by atoms with E-state index in [9.17, 15) is 0 Å². The Hall–Kier alpha value is -0.0400. The molecule has 0 spiro atoms. The SMILES string of the molecule is C1CCC2C(C1)CCC1NCCCC12. The fraction of sp³-hybridized carbons (Fsp3) is 1.00. The first-order chi connectivity index (χ1) is 6.95. The van der Waals surface area contributed by atoms with Crippen LogP contribution in [0, 0.1) is 17.8 Å². The van der Waals surface area contributed by atoms with Crippen molar-refractivity contribution < 1.29 is 0 Å². The van der Waals surface area contributed by atoms with Crippen molar-refractivity contribution in [2.45, 2.75) is 57.4 Å². The Labute approximate surface area is 87.7 Å². The molecule has 1 aliphatic heterocycles. The molecular weight excluding hydrogens is 170 g/mol. The second-order valence-electron chi connectivity index (χ2n) is 5.65. The fourth-order valence-corrected chi connectivity index (χ4v) is 4.36. The molecule has 0 bridgehead atoms. The molecule has 80 valence electrons. The molecule has 2 saturated carbocycles. The first-order valence-electron chi connectivity index (χ1n) is 6.68. The van der Waals surface area contributed by atoms with E-state index in [0.29, 0.717) is 0 Å². The third-order valence-electron chi connectivity index (χ3n) is 5.00. The first-order valence-corrected chi connectivity index (χ1v) is 6.68. The van der Waals surface area contributed by atoms with Gasteiger partial charge in [-0.2, -0.15) is 0 Å². The summed E-state index contributed by atoms with van der Waals surface area (Å²) in [5.74, 6) is 3.28. The molecular formula is C13H23N. The van der Waals surface area contributed by atoms with Crippen LogP contribution in [0.15, 0.2) is 0 Å². The summed E-state index contributed by atoms with van der Waals surface area (Å²) in [6.07, 6.45) is 12.1. The van der Waals surface area contributed by atoms with E-state index in [1.165, 1.54) is 45.1 Å². The van der Waals surface area contributed by atoms with E-state index in [0.717, 1.165) is 23.8 Å². The molecule has 0 amide bonds. The predicted octanol–water partition coefficient (Wildman–Crippen LogP) is 2.95. The van der Waals surface area contributed by atoms with Gasteiger partial charge in [0, 0.05) is 6.04 Å². The maximum atomic E-state index is 3.75. The van der Waals surface area contributed by atoms with Crippen molar-refractivity contribution in [1.82, 2.24) is 5.32 Å². The van der Waals surface area contributed by atoms with Crippen LogP contribution in [-0.4, -0.2) is 12.6 Å². The average Bonchev–Trinajstić information content (AvgIpc) is 2.29. The summed E-state index contributed by atoms with van der Waals surface area (Å²) in [6.45, 7) is 1.29. The van der Waals surface area contributed by atoms with Gasteiger partial charge in [-0.1, -0.05) is 19.3 Å². The number of fused-ring (bicyclic) bond motifs is 3. The van der Waals surface area contributed by atoms with Gasteiger partial charge in [0.2, 0.25) is 0 Å². The minimum Gasteiger partial charge on any atom is -0.314 e. The van der Waals surface area contributed by atoms with Gasteiger partial charge in [-0.15, -0.1) is 0 Å². The molecule has 1 saturated heterocycles. The van der Waals surface area contributed by atoms with E-state index >= 15 is 0 Å². The standard InChI is InChI=1S/C13H23N/c1-2-5-11-10(4-1)7-8-13-12(11)6-3-9-14-13/h10-14H,1-9H2. The molecule has 1 heteroatoms. The third kappa shape index (κ3) is 1.50. The van der Waals surface area contributed by atoms with Gasteiger partial charge >= 0.3 is 0 Å². The van der Waals surface area contributed by atoms with Crippen LogP contribution in [0.4, 0.5) is 0 Å². The summed E-state index contributed by atoms with van der Waals surface area (Å²) < 4.78 is 0. The molecule has 0 aromatic carbocycles. The molecule has 0 aromatic heterocycles. The predicted molar refractivity (Wildman–Crippen MR) is 59.2 cm³/mol. The number of rotatable bonds is 0. The van der Waals surface area contributed by atoms with Gasteiger partial charge in [0.05, 0.1) is 0 Å². The molecule has 2 aliphatic carbocycles. The van der Waals surface area contributed by atoms with Crippen LogP contribution >= 0.6 is 0 Å². The fourth-order valence-electron chi connectivity index (χ4n) is 4.36. The highest BCUT2D eigenvalue weighted by Gasteiger charge is 2.40. The van der Waals surface area contributed by atoms with Gasteiger partial charge < -0.3 is 5.32 Å². The number of piperidine rings is 1. The molecule has 0 aromatic rings. The van der Waals surface area contributed by atoms with Gasteiger partial charge in [-0.25, -0.2) is 0 Å². The molecule has 3 fully saturated rings. The van der Waals surface area contributed by atoms with Crippen molar-refractivity contribution in [3.8, 4) is 0 Å². The molecule has 4 unspecified atom stereocenters. The quantitative estimate of drug-likeness (QED) is 0.623. The molecule has 0 radical (unpaired) electrons. The van der Waals surface area contributed by atoms with Gasteiger partial charge in [0.25, 0.3) is 0 Å². The van der Waals surface area contributed by atoms with Crippen molar-refractivity contribution >= 4 is 0 Å². The van der Waals surface area contributed by atoms with Crippen molar-refractivity contribution in [3.63, 3.8) is 0 Å². The maximum Gasteiger partial charge on any atom is 0.00981 e. The van der Waals surface area contributed by atoms with Gasteiger partial charge in [0.15, 0.2) is 0 Å². The maximum absolute atomic E-state index is 3.75. The summed E-state index contributed by atoms with van der Waals surface area (Å²) in [7, 11) is 0. The lowest BCUT2D eigenvalue weighted by Crippen LogP contribution is -2.49. The smallest absolute Gasteiger partial charge is 0.00981 e. The molecule has 3 aliphatic rings. The zero-order valence-electron chi connectivity index (χ0n) is 9.17. The lowest BCUT2D eigenvalue weighted by molar-refractivity contribution is 0.0524. The number of nitrogens with one attached hydrogen (secondary N) is 1. The minimum absolute atomic E-state index is 0.906. The van der Waals surface area contributed by atoms with E-state index in [-0.39, 0.29) is 0 Å². The Morgan fingerprint density at radius 2 is 1.57 bits per heavy atom. The van der Waals surface area contributed by atoms with Crippen LogP contribution in [0.1, 0.15) is 51.4 Å². The van der Waals surface area contributed by atoms with Gasteiger partial charge in [-0.05, 0) is 56.4 Å². The minimum atomic E-state index is 0.906. The highest BCUT2D eigenvalue weighted by atomic mass is 14.9. The van der Waals surface area contributed by atoms with Crippen molar-refractivity contribution in [2.75, 3.05) is 6.54 Å². The summed E-state index contributed by atoms with van der Waals surface area (Å²) >= 11 is 0. The van der Waals surface area contributed by atoms with Crippen molar-refractivity contribution in [1.29, 1.82) is 0 Å². The normalized spacial score (nSPS) is 48.0. The zero-order valence-corrected chi connectivity index (χ0v) is 9.17. The molecule has 4 atom stereocenters.